The second-order valence-electron chi connectivity index (χ2n) is 3.96. The molecule has 4 nitrogen and oxygen atoms in total. The Morgan fingerprint density at radius 3 is 3.00 bits per heavy atom. The van der Waals surface area contributed by atoms with Gasteiger partial charge in [-0.25, -0.2) is 9.50 Å². The molecule has 1 saturated carbocycles. The molecule has 3 rings (SSSR count). The Labute approximate surface area is 81.8 Å². The summed E-state index contributed by atoms with van der Waals surface area (Å²) in [5.41, 5.74) is 8.53. The Morgan fingerprint density at radius 1 is 1.50 bits per heavy atom. The molecule has 4 heteroatoms. The number of anilines is 1. The van der Waals surface area contributed by atoms with Gasteiger partial charge in [0.15, 0.2) is 11.5 Å². The lowest BCUT2D eigenvalue weighted by Crippen LogP contribution is -1.95. The van der Waals surface area contributed by atoms with E-state index in [2.05, 4.69) is 10.1 Å². The lowest BCUT2D eigenvalue weighted by Gasteiger charge is -1.98. The van der Waals surface area contributed by atoms with Crippen LogP contribution in [0.1, 0.15) is 30.1 Å². The highest BCUT2D eigenvalue weighted by atomic mass is 15.3. The van der Waals surface area contributed by atoms with Crippen molar-refractivity contribution in [3.05, 3.63) is 23.7 Å². The van der Waals surface area contributed by atoms with Crippen LogP contribution in [0.3, 0.4) is 0 Å². The number of fused-ring (bicyclic) bond motifs is 1. The molecule has 0 radical (unpaired) electrons. The van der Waals surface area contributed by atoms with Crippen molar-refractivity contribution >= 4 is 11.3 Å². The minimum absolute atomic E-state index is 0.594. The van der Waals surface area contributed by atoms with Crippen LogP contribution in [0.4, 0.5) is 5.69 Å². The van der Waals surface area contributed by atoms with Crippen LogP contribution < -0.4 is 5.73 Å². The van der Waals surface area contributed by atoms with Crippen molar-refractivity contribution < 1.29 is 0 Å². The highest BCUT2D eigenvalue weighted by Crippen LogP contribution is 2.38. The summed E-state index contributed by atoms with van der Waals surface area (Å²) in [5.74, 6) is 1.56. The summed E-state index contributed by atoms with van der Waals surface area (Å²) in [6, 6.07) is 1.98. The zero-order valence-electron chi connectivity index (χ0n) is 8.07. The van der Waals surface area contributed by atoms with Crippen LogP contribution in [-0.4, -0.2) is 14.6 Å². The second-order valence-corrected chi connectivity index (χ2v) is 3.96. The van der Waals surface area contributed by atoms with E-state index in [1.807, 2.05) is 19.2 Å². The zero-order chi connectivity index (χ0) is 9.71. The van der Waals surface area contributed by atoms with E-state index in [1.165, 1.54) is 12.8 Å². The summed E-state index contributed by atoms with van der Waals surface area (Å²) < 4.78 is 1.77. The van der Waals surface area contributed by atoms with Crippen LogP contribution >= 0.6 is 0 Å². The lowest BCUT2D eigenvalue weighted by atomic mass is 10.2. The van der Waals surface area contributed by atoms with Crippen molar-refractivity contribution in [1.82, 2.24) is 14.6 Å². The van der Waals surface area contributed by atoms with Gasteiger partial charge in [0, 0.05) is 5.92 Å². The van der Waals surface area contributed by atoms with Crippen molar-refractivity contribution in [3.63, 3.8) is 0 Å². The normalized spacial score (nSPS) is 16.4. The summed E-state index contributed by atoms with van der Waals surface area (Å²) in [5, 5.41) is 4.40. The summed E-state index contributed by atoms with van der Waals surface area (Å²) >= 11 is 0. The Kier molecular flexibility index (Phi) is 1.37. The number of aromatic nitrogens is 3. The fourth-order valence-corrected chi connectivity index (χ4v) is 1.57. The van der Waals surface area contributed by atoms with Crippen molar-refractivity contribution in [1.29, 1.82) is 0 Å². The lowest BCUT2D eigenvalue weighted by molar-refractivity contribution is 0.878. The minimum atomic E-state index is 0.594. The molecular formula is C10H12N4. The molecule has 0 spiro atoms. The quantitative estimate of drug-likeness (QED) is 0.737. The summed E-state index contributed by atoms with van der Waals surface area (Å²) in [6.45, 7) is 1.99. The monoisotopic (exact) mass is 188 g/mol. The molecule has 2 aromatic rings. The predicted octanol–water partition coefficient (Wildman–Crippen LogP) is 1.50. The molecule has 72 valence electrons. The van der Waals surface area contributed by atoms with Gasteiger partial charge >= 0.3 is 0 Å². The van der Waals surface area contributed by atoms with E-state index in [0.29, 0.717) is 5.92 Å². The van der Waals surface area contributed by atoms with Gasteiger partial charge in [0.2, 0.25) is 0 Å². The van der Waals surface area contributed by atoms with Gasteiger partial charge in [-0.3, -0.25) is 0 Å². The Morgan fingerprint density at radius 2 is 2.29 bits per heavy atom. The van der Waals surface area contributed by atoms with E-state index in [0.717, 1.165) is 22.7 Å². The largest absolute Gasteiger partial charge is 0.397 e. The fourth-order valence-electron chi connectivity index (χ4n) is 1.57. The number of aryl methyl sites for hydroxylation is 1. The first-order valence-corrected chi connectivity index (χ1v) is 4.86. The number of nitrogen functional groups attached to an aromatic ring is 1. The van der Waals surface area contributed by atoms with Gasteiger partial charge in [0.1, 0.15) is 0 Å². The average molecular weight is 188 g/mol. The molecule has 0 bridgehead atoms. The molecule has 0 aliphatic heterocycles. The number of nitrogens with two attached hydrogens (primary N) is 1. The van der Waals surface area contributed by atoms with Gasteiger partial charge in [-0.15, -0.1) is 0 Å². The van der Waals surface area contributed by atoms with Crippen molar-refractivity contribution in [3.8, 4) is 0 Å². The maximum Gasteiger partial charge on any atom is 0.156 e. The third-order valence-electron chi connectivity index (χ3n) is 2.68. The van der Waals surface area contributed by atoms with E-state index in [4.69, 9.17) is 5.73 Å². The van der Waals surface area contributed by atoms with Crippen LogP contribution in [0.2, 0.25) is 0 Å². The highest BCUT2D eigenvalue weighted by Gasteiger charge is 2.27. The molecule has 0 aromatic carbocycles. The molecule has 0 saturated heterocycles. The van der Waals surface area contributed by atoms with Gasteiger partial charge in [-0.2, -0.15) is 5.10 Å². The maximum absolute atomic E-state index is 5.80. The summed E-state index contributed by atoms with van der Waals surface area (Å²) in [6.07, 6.45) is 4.29. The summed E-state index contributed by atoms with van der Waals surface area (Å²) in [7, 11) is 0. The SMILES string of the molecule is Cc1cc2nc(C3CC3)nn2cc1N. The topological polar surface area (TPSA) is 56.2 Å². The molecule has 2 heterocycles. The Bertz CT molecular complexity index is 457. The van der Waals surface area contributed by atoms with E-state index in [-0.39, 0.29) is 0 Å². The Balaban J connectivity index is 2.22. The molecule has 1 fully saturated rings. The molecule has 14 heavy (non-hydrogen) atoms. The third kappa shape index (κ3) is 1.07. The summed E-state index contributed by atoms with van der Waals surface area (Å²) in [4.78, 5) is 4.47. The van der Waals surface area contributed by atoms with Crippen LogP contribution in [-0.2, 0) is 0 Å². The van der Waals surface area contributed by atoms with E-state index in [1.54, 1.807) is 4.52 Å². The third-order valence-corrected chi connectivity index (χ3v) is 2.68. The minimum Gasteiger partial charge on any atom is -0.397 e. The molecule has 0 atom stereocenters. The van der Waals surface area contributed by atoms with Crippen LogP contribution in [0.25, 0.3) is 5.65 Å². The van der Waals surface area contributed by atoms with E-state index >= 15 is 0 Å². The average Bonchev–Trinajstić information content (AvgIpc) is 2.90. The first-order chi connectivity index (χ1) is 6.74. The number of rotatable bonds is 1. The number of hydrogen-bond acceptors (Lipinski definition) is 3. The maximum atomic E-state index is 5.80. The first-order valence-electron chi connectivity index (χ1n) is 4.86. The number of pyridine rings is 1. The number of nitrogens with zero attached hydrogens (tertiary/aromatic N) is 3. The Hall–Kier alpha value is -1.58. The zero-order valence-corrected chi connectivity index (χ0v) is 8.07. The first kappa shape index (κ1) is 7.79. The molecular weight excluding hydrogens is 176 g/mol. The van der Waals surface area contributed by atoms with Gasteiger partial charge < -0.3 is 5.73 Å². The molecule has 0 unspecified atom stereocenters. The van der Waals surface area contributed by atoms with E-state index < -0.39 is 0 Å². The molecule has 0 amide bonds. The smallest absolute Gasteiger partial charge is 0.156 e. The van der Waals surface area contributed by atoms with E-state index in [9.17, 15) is 0 Å². The number of hydrogen-bond donors (Lipinski definition) is 1. The van der Waals surface area contributed by atoms with Crippen molar-refractivity contribution in [2.45, 2.75) is 25.7 Å². The molecule has 1 aliphatic carbocycles. The van der Waals surface area contributed by atoms with Crippen LogP contribution in [0, 0.1) is 6.92 Å². The van der Waals surface area contributed by atoms with Gasteiger partial charge in [0.25, 0.3) is 0 Å². The fraction of sp³-hybridized carbons (Fsp3) is 0.400. The second kappa shape index (κ2) is 2.47. The molecule has 1 aliphatic rings. The van der Waals surface area contributed by atoms with Gasteiger partial charge in [0.05, 0.1) is 11.9 Å². The predicted molar refractivity (Wildman–Crippen MR) is 54.1 cm³/mol. The van der Waals surface area contributed by atoms with Crippen LogP contribution in [0.15, 0.2) is 12.3 Å². The highest BCUT2D eigenvalue weighted by molar-refractivity contribution is 5.53. The van der Waals surface area contributed by atoms with Crippen molar-refractivity contribution in [2.24, 2.45) is 0 Å². The standard InChI is InChI=1S/C10H12N4/c1-6-4-9-12-10(7-2-3-7)13-14(9)5-8(6)11/h4-5,7H,2-3,11H2,1H3. The van der Waals surface area contributed by atoms with Gasteiger partial charge in [-0.1, -0.05) is 0 Å². The van der Waals surface area contributed by atoms with Crippen molar-refractivity contribution in [2.75, 3.05) is 5.73 Å². The van der Waals surface area contributed by atoms with Crippen LogP contribution in [0.5, 0.6) is 0 Å². The molecule has 2 N–H and O–H groups in total. The molecule has 2 aromatic heterocycles. The van der Waals surface area contributed by atoms with Gasteiger partial charge in [-0.05, 0) is 31.4 Å².